The summed E-state index contributed by atoms with van der Waals surface area (Å²) in [4.78, 5) is 25.4. The molecule has 1 rings (SSSR count). The van der Waals surface area contributed by atoms with Crippen molar-refractivity contribution in [2.24, 2.45) is 11.7 Å². The van der Waals surface area contributed by atoms with Crippen LogP contribution < -0.4 is 16.0 Å². The van der Waals surface area contributed by atoms with E-state index in [1.807, 2.05) is 20.8 Å². The maximum Gasteiger partial charge on any atom is 0.246 e. The van der Waals surface area contributed by atoms with Crippen LogP contribution in [0.5, 0.6) is 5.75 Å². The number of nitrogens with one attached hydrogen (secondary N) is 1. The highest BCUT2D eigenvalue weighted by Crippen LogP contribution is 2.19. The van der Waals surface area contributed by atoms with E-state index >= 15 is 0 Å². The molecule has 0 spiro atoms. The third-order valence-corrected chi connectivity index (χ3v) is 3.19. The van der Waals surface area contributed by atoms with Gasteiger partial charge in [-0.25, -0.2) is 0 Å². The Hall–Kier alpha value is -2.08. The molecule has 0 fully saturated rings. The first-order valence-electron chi connectivity index (χ1n) is 6.99. The highest BCUT2D eigenvalue weighted by atomic mass is 16.3. The monoisotopic (exact) mass is 293 g/mol. The van der Waals surface area contributed by atoms with Crippen LogP contribution in [-0.2, 0) is 9.59 Å². The van der Waals surface area contributed by atoms with Crippen molar-refractivity contribution in [3.05, 3.63) is 24.3 Å². The summed E-state index contributed by atoms with van der Waals surface area (Å²) in [5.41, 5.74) is 6.30. The number of likely N-dealkylation sites (N-methyl/N-ethyl adjacent to an activating group) is 1. The SMILES string of the molecule is CCN(C(=O)CNC(=O)[C@@H](N)C(C)C)c1cccc(O)c1. The van der Waals surface area contributed by atoms with Crippen molar-refractivity contribution in [2.75, 3.05) is 18.0 Å². The molecule has 116 valence electrons. The molecule has 0 aliphatic heterocycles. The summed E-state index contributed by atoms with van der Waals surface area (Å²) in [5.74, 6) is -0.504. The van der Waals surface area contributed by atoms with Gasteiger partial charge in [-0.2, -0.15) is 0 Å². The van der Waals surface area contributed by atoms with Gasteiger partial charge in [0, 0.05) is 18.3 Å². The van der Waals surface area contributed by atoms with Gasteiger partial charge >= 0.3 is 0 Å². The van der Waals surface area contributed by atoms with Crippen LogP contribution in [0, 0.1) is 5.92 Å². The lowest BCUT2D eigenvalue weighted by Gasteiger charge is -2.22. The third kappa shape index (κ3) is 4.75. The fraction of sp³-hybridized carbons (Fsp3) is 0.467. The van der Waals surface area contributed by atoms with Gasteiger partial charge in [0.05, 0.1) is 12.6 Å². The number of nitrogens with two attached hydrogens (primary N) is 1. The molecule has 0 radical (unpaired) electrons. The van der Waals surface area contributed by atoms with Crippen LogP contribution in [0.2, 0.25) is 0 Å². The predicted molar refractivity (Wildman–Crippen MR) is 82.0 cm³/mol. The first-order valence-corrected chi connectivity index (χ1v) is 6.99. The van der Waals surface area contributed by atoms with E-state index in [2.05, 4.69) is 5.32 Å². The molecule has 0 saturated heterocycles. The smallest absolute Gasteiger partial charge is 0.246 e. The Morgan fingerprint density at radius 3 is 2.57 bits per heavy atom. The van der Waals surface area contributed by atoms with Gasteiger partial charge in [-0.15, -0.1) is 0 Å². The standard InChI is InChI=1S/C15H23N3O3/c1-4-18(11-6-5-7-12(19)8-11)13(20)9-17-15(21)14(16)10(2)3/h5-8,10,14,19H,4,9,16H2,1-3H3,(H,17,21)/t14-/m0/s1. The maximum atomic E-state index is 12.2. The molecule has 0 aliphatic rings. The third-order valence-electron chi connectivity index (χ3n) is 3.19. The second-order valence-corrected chi connectivity index (χ2v) is 5.15. The van der Waals surface area contributed by atoms with Crippen molar-refractivity contribution in [3.8, 4) is 5.75 Å². The number of anilines is 1. The molecule has 1 aromatic rings. The quantitative estimate of drug-likeness (QED) is 0.724. The van der Waals surface area contributed by atoms with Gasteiger partial charge in [-0.3, -0.25) is 9.59 Å². The molecule has 6 nitrogen and oxygen atoms in total. The van der Waals surface area contributed by atoms with E-state index in [1.54, 1.807) is 12.1 Å². The summed E-state index contributed by atoms with van der Waals surface area (Å²) in [6, 6.07) is 5.79. The summed E-state index contributed by atoms with van der Waals surface area (Å²) in [5, 5.41) is 12.0. The van der Waals surface area contributed by atoms with Crippen molar-refractivity contribution in [3.63, 3.8) is 0 Å². The minimum atomic E-state index is -0.631. The fourth-order valence-electron chi connectivity index (χ4n) is 1.84. The first kappa shape index (κ1) is 17.0. The van der Waals surface area contributed by atoms with Crippen LogP contribution in [-0.4, -0.2) is 36.1 Å². The lowest BCUT2D eigenvalue weighted by Crippen LogP contribution is -2.48. The molecule has 1 atom stereocenters. The van der Waals surface area contributed by atoms with Gasteiger partial charge in [-0.05, 0) is 25.0 Å². The number of hydrogen-bond acceptors (Lipinski definition) is 4. The van der Waals surface area contributed by atoms with Gasteiger partial charge in [0.2, 0.25) is 11.8 Å². The number of carbonyl (C=O) groups excluding carboxylic acids is 2. The van der Waals surface area contributed by atoms with Crippen LogP contribution in [0.3, 0.4) is 0 Å². The van der Waals surface area contributed by atoms with E-state index < -0.39 is 6.04 Å². The van der Waals surface area contributed by atoms with Crippen LogP contribution in [0.15, 0.2) is 24.3 Å². The highest BCUT2D eigenvalue weighted by molar-refractivity contribution is 5.97. The van der Waals surface area contributed by atoms with Crippen LogP contribution in [0.1, 0.15) is 20.8 Å². The normalized spacial score (nSPS) is 12.0. The van der Waals surface area contributed by atoms with Gasteiger partial charge in [0.15, 0.2) is 0 Å². The van der Waals surface area contributed by atoms with Gasteiger partial charge in [-0.1, -0.05) is 19.9 Å². The number of aromatic hydroxyl groups is 1. The van der Waals surface area contributed by atoms with Crippen molar-refractivity contribution in [1.29, 1.82) is 0 Å². The van der Waals surface area contributed by atoms with Crippen molar-refractivity contribution < 1.29 is 14.7 Å². The summed E-state index contributed by atoms with van der Waals surface area (Å²) >= 11 is 0. The van der Waals surface area contributed by atoms with Crippen molar-refractivity contribution >= 4 is 17.5 Å². The number of nitrogens with zero attached hydrogens (tertiary/aromatic N) is 1. The van der Waals surface area contributed by atoms with E-state index in [0.717, 1.165) is 0 Å². The molecule has 0 saturated carbocycles. The Balaban J connectivity index is 2.67. The lowest BCUT2D eigenvalue weighted by atomic mass is 10.1. The summed E-state index contributed by atoms with van der Waals surface area (Å²) in [6.45, 7) is 5.83. The molecule has 0 heterocycles. The molecular formula is C15H23N3O3. The van der Waals surface area contributed by atoms with E-state index in [0.29, 0.717) is 12.2 Å². The molecular weight excluding hydrogens is 270 g/mol. The maximum absolute atomic E-state index is 12.2. The van der Waals surface area contributed by atoms with Gasteiger partial charge in [0.25, 0.3) is 0 Å². The minimum Gasteiger partial charge on any atom is -0.508 e. The van der Waals surface area contributed by atoms with Crippen molar-refractivity contribution in [2.45, 2.75) is 26.8 Å². The zero-order valence-electron chi connectivity index (χ0n) is 12.7. The molecule has 1 aromatic carbocycles. The highest BCUT2D eigenvalue weighted by Gasteiger charge is 2.20. The molecule has 6 heteroatoms. The number of rotatable bonds is 6. The van der Waals surface area contributed by atoms with Gasteiger partial charge < -0.3 is 21.1 Å². The largest absolute Gasteiger partial charge is 0.508 e. The number of carbonyl (C=O) groups is 2. The first-order chi connectivity index (χ1) is 9.86. The van der Waals surface area contributed by atoms with Crippen LogP contribution in [0.4, 0.5) is 5.69 Å². The Morgan fingerprint density at radius 1 is 1.38 bits per heavy atom. The average Bonchev–Trinajstić information content (AvgIpc) is 2.44. The number of phenols is 1. The van der Waals surface area contributed by atoms with Crippen LogP contribution >= 0.6 is 0 Å². The van der Waals surface area contributed by atoms with Crippen LogP contribution in [0.25, 0.3) is 0 Å². The Labute approximate surface area is 124 Å². The Morgan fingerprint density at radius 2 is 2.05 bits per heavy atom. The molecule has 2 amide bonds. The number of benzene rings is 1. The number of hydrogen-bond donors (Lipinski definition) is 3. The number of phenolic OH excluding ortho intramolecular Hbond substituents is 1. The van der Waals surface area contributed by atoms with E-state index in [1.165, 1.54) is 17.0 Å². The second kappa shape index (κ2) is 7.64. The van der Waals surface area contributed by atoms with E-state index in [-0.39, 0.29) is 30.0 Å². The summed E-state index contributed by atoms with van der Waals surface area (Å²) < 4.78 is 0. The predicted octanol–water partition coefficient (Wildman–Crippen LogP) is 0.845. The summed E-state index contributed by atoms with van der Waals surface area (Å²) in [6.07, 6.45) is 0. The Kier molecular flexibility index (Phi) is 6.17. The molecule has 0 aliphatic carbocycles. The minimum absolute atomic E-state index is 0.00782. The average molecular weight is 293 g/mol. The van der Waals surface area contributed by atoms with Crippen molar-refractivity contribution in [1.82, 2.24) is 5.32 Å². The molecule has 0 unspecified atom stereocenters. The van der Waals surface area contributed by atoms with Gasteiger partial charge in [0.1, 0.15) is 5.75 Å². The van der Waals surface area contributed by atoms with E-state index in [9.17, 15) is 14.7 Å². The topological polar surface area (TPSA) is 95.7 Å². The molecule has 21 heavy (non-hydrogen) atoms. The summed E-state index contributed by atoms with van der Waals surface area (Å²) in [7, 11) is 0. The van der Waals surface area contributed by atoms with E-state index in [4.69, 9.17) is 5.73 Å². The number of amides is 2. The Bertz CT molecular complexity index is 503. The zero-order valence-corrected chi connectivity index (χ0v) is 12.7. The molecule has 0 bridgehead atoms. The molecule has 4 N–H and O–H groups in total. The fourth-order valence-corrected chi connectivity index (χ4v) is 1.84. The lowest BCUT2D eigenvalue weighted by molar-refractivity contribution is -0.126. The molecule has 0 aromatic heterocycles. The zero-order chi connectivity index (χ0) is 16.0. The second-order valence-electron chi connectivity index (χ2n) is 5.15.